The highest BCUT2D eigenvalue weighted by Gasteiger charge is 2.38. The molecule has 4 aromatic heterocycles. The summed E-state index contributed by atoms with van der Waals surface area (Å²) in [7, 11) is 0. The maximum Gasteiger partial charge on any atom is 0.346 e. The molecule has 444 valence electrons. The molecule has 9 rings (SSSR count). The first-order valence-corrected chi connectivity index (χ1v) is 25.0. The number of pyridine rings is 1. The van der Waals surface area contributed by atoms with Gasteiger partial charge in [0.15, 0.2) is 81.0 Å². The number of hydrogen-bond donors (Lipinski definition) is 3. The van der Waals surface area contributed by atoms with E-state index < -0.39 is 250 Å². The number of rotatable bonds is 11. The molecule has 3 aromatic carbocycles. The Labute approximate surface area is 471 Å². The van der Waals surface area contributed by atoms with E-state index in [2.05, 4.69) is 24.9 Å². The predicted octanol–water partition coefficient (Wildman–Crippen LogP) is 10.2. The van der Waals surface area contributed by atoms with Gasteiger partial charge in [-0.1, -0.05) is 6.07 Å². The number of allylic oxidation sites excluding steroid dienone is 2. The van der Waals surface area contributed by atoms with Crippen molar-refractivity contribution in [1.29, 1.82) is 0 Å². The first kappa shape index (κ1) is 60.4. The van der Waals surface area contributed by atoms with Crippen LogP contribution >= 0.6 is 0 Å². The zero-order chi connectivity index (χ0) is 62.5. The van der Waals surface area contributed by atoms with Crippen LogP contribution in [0.1, 0.15) is 78.5 Å². The minimum absolute atomic E-state index is 0.453. The van der Waals surface area contributed by atoms with Crippen molar-refractivity contribution in [2.45, 2.75) is 27.7 Å². The SMILES string of the molecule is CCOC(=O)C(C(=O)OCC)=C1c2cccc(n2)C(=C(C(=O)OCC)C(=O)OCC)c2ccc([nH]2)C(c2c(F)c(F)c(F)c(F)c2F)=c2ccc([nH]2)=C(c2c(F)c(F)c(F)c(F)c2F)C2=NC(=C(c3c(F)c(F)c(F)c(F)c3F)c3ccc1[nH]3)C=C2. The molecular formula is C58H34F15N5O8. The molecule has 0 fully saturated rings. The Hall–Kier alpha value is -10.2. The number of aliphatic imine (C=N–C) groups is 1. The van der Waals surface area contributed by atoms with Gasteiger partial charge in [-0.05, 0) is 88.4 Å². The van der Waals surface area contributed by atoms with Gasteiger partial charge in [0.1, 0.15) is 0 Å². The molecule has 86 heavy (non-hydrogen) atoms. The molecule has 0 aliphatic carbocycles. The van der Waals surface area contributed by atoms with Crippen LogP contribution in [0.4, 0.5) is 65.9 Å². The van der Waals surface area contributed by atoms with Gasteiger partial charge in [0.05, 0.1) is 65.9 Å². The number of halogens is 15. The van der Waals surface area contributed by atoms with Crippen molar-refractivity contribution in [3.63, 3.8) is 0 Å². The zero-order valence-electron chi connectivity index (χ0n) is 44.0. The summed E-state index contributed by atoms with van der Waals surface area (Å²) in [6.45, 7) is 3.42. The van der Waals surface area contributed by atoms with E-state index in [4.69, 9.17) is 18.9 Å². The minimum atomic E-state index is -2.72. The fourth-order valence-electron chi connectivity index (χ4n) is 9.29. The first-order valence-electron chi connectivity index (χ1n) is 25.0. The Morgan fingerprint density at radius 1 is 0.372 bits per heavy atom. The summed E-state index contributed by atoms with van der Waals surface area (Å²) in [6.07, 6.45) is 1.34. The Balaban J connectivity index is 1.58. The van der Waals surface area contributed by atoms with E-state index in [-0.39, 0.29) is 0 Å². The van der Waals surface area contributed by atoms with Gasteiger partial charge < -0.3 is 33.9 Å². The lowest BCUT2D eigenvalue weighted by Gasteiger charge is -2.17. The van der Waals surface area contributed by atoms with E-state index in [9.17, 15) is 32.3 Å². The number of hydrogen-bond acceptors (Lipinski definition) is 10. The summed E-state index contributed by atoms with van der Waals surface area (Å²) in [5, 5.41) is -1.79. The van der Waals surface area contributed by atoms with Gasteiger partial charge in [-0.3, -0.25) is 0 Å². The van der Waals surface area contributed by atoms with Crippen molar-refractivity contribution in [2.75, 3.05) is 26.4 Å². The van der Waals surface area contributed by atoms with Crippen molar-refractivity contribution in [3.05, 3.63) is 232 Å². The molecule has 0 atom stereocenters. The van der Waals surface area contributed by atoms with Crippen molar-refractivity contribution in [1.82, 2.24) is 19.9 Å². The smallest absolute Gasteiger partial charge is 0.346 e. The molecule has 3 N–H and O–H groups in total. The summed E-state index contributed by atoms with van der Waals surface area (Å²) in [5.74, 6) is -45.0. The Morgan fingerprint density at radius 3 is 1.06 bits per heavy atom. The molecule has 0 radical (unpaired) electrons. The molecule has 2 aliphatic rings. The second-order valence-corrected chi connectivity index (χ2v) is 17.8. The number of esters is 4. The van der Waals surface area contributed by atoms with Crippen molar-refractivity contribution < 1.29 is 104 Å². The number of nitrogens with one attached hydrogen (secondary N) is 3. The van der Waals surface area contributed by atoms with Crippen LogP contribution < -0.4 is 10.7 Å². The number of ether oxygens (including phenoxy) is 4. The normalized spacial score (nSPS) is 13.1. The number of fused-ring (bicyclic) bond motifs is 9. The maximum atomic E-state index is 16.4. The molecule has 13 nitrogen and oxygen atoms in total. The van der Waals surface area contributed by atoms with Gasteiger partial charge in [-0.15, -0.1) is 0 Å². The van der Waals surface area contributed by atoms with Crippen LogP contribution in [0.2, 0.25) is 0 Å². The standard InChI is InChI=1S/C58H34F15N5O8/c1-5-83-55(79)38(56(80)84-6-2)33-20-10-9-11-21(74-20)34(39(57(81)85-7-3)58(82)86-8-4)29-19-17-27(78-29)32(37-44(63)50(69)54(73)51(70)45(37)64)25-15-13-23(76-25)30(35-40(59)46(65)52(71)47(66)41(35)60)22-12-14-24(75-22)31(26-16-18-28(33)77-26)36-42(61)48(67)53(72)49(68)43(36)62/h9-19,75,77-78H,5-8H2,1-4H3. The third kappa shape index (κ3) is 10.2. The highest BCUT2D eigenvalue weighted by Crippen LogP contribution is 2.41. The highest BCUT2D eigenvalue weighted by atomic mass is 19.2. The lowest BCUT2D eigenvalue weighted by atomic mass is 9.97. The van der Waals surface area contributed by atoms with E-state index >= 15 is 52.7 Å². The molecule has 2 aliphatic heterocycles. The predicted molar refractivity (Wildman–Crippen MR) is 270 cm³/mol. The summed E-state index contributed by atoms with van der Waals surface area (Å²) in [4.78, 5) is 72.8. The molecule has 0 amide bonds. The molecular weight excluding hydrogens is 1180 g/mol. The summed E-state index contributed by atoms with van der Waals surface area (Å²) in [5.41, 5.74) is -18.5. The maximum absolute atomic E-state index is 16.4. The number of aromatic amines is 3. The summed E-state index contributed by atoms with van der Waals surface area (Å²) in [6, 6.07) is 8.30. The largest absolute Gasteiger partial charge is 0.462 e. The Kier molecular flexibility index (Phi) is 16.8. The van der Waals surface area contributed by atoms with Gasteiger partial charge in [0, 0.05) is 61.3 Å². The average molecular weight is 1210 g/mol. The van der Waals surface area contributed by atoms with Crippen LogP contribution in [-0.2, 0) is 38.1 Å². The van der Waals surface area contributed by atoms with Crippen LogP contribution in [0, 0.1) is 87.3 Å². The minimum Gasteiger partial charge on any atom is -0.462 e. The number of carbonyl (C=O) groups is 4. The fraction of sp³-hybridized carbons (Fsp3) is 0.138. The van der Waals surface area contributed by atoms with Gasteiger partial charge in [0.25, 0.3) is 0 Å². The fourth-order valence-corrected chi connectivity index (χ4v) is 9.29. The van der Waals surface area contributed by atoms with E-state index in [1.54, 1.807) is 0 Å². The van der Waals surface area contributed by atoms with Crippen LogP contribution in [0.15, 0.2) is 88.6 Å². The number of carbonyl (C=O) groups excluding carboxylic acids is 4. The molecule has 0 saturated carbocycles. The second-order valence-electron chi connectivity index (χ2n) is 17.8. The average Bonchev–Trinajstić information content (AvgIpc) is 1.91. The quantitative estimate of drug-likeness (QED) is 0.0166. The van der Waals surface area contributed by atoms with Crippen molar-refractivity contribution in [2.24, 2.45) is 4.99 Å². The van der Waals surface area contributed by atoms with E-state index in [0.29, 0.717) is 18.2 Å². The lowest BCUT2D eigenvalue weighted by molar-refractivity contribution is -0.148. The number of aromatic nitrogens is 4. The molecule has 6 heterocycles. The van der Waals surface area contributed by atoms with Crippen LogP contribution in [0.3, 0.4) is 0 Å². The Bertz CT molecular complexity index is 4270. The summed E-state index contributed by atoms with van der Waals surface area (Å²) < 4.78 is 256. The van der Waals surface area contributed by atoms with E-state index in [1.807, 2.05) is 0 Å². The van der Waals surface area contributed by atoms with Crippen LogP contribution in [-0.4, -0.2) is 76.0 Å². The highest BCUT2D eigenvalue weighted by molar-refractivity contribution is 6.30. The number of benzene rings is 3. The topological polar surface area (TPSA) is 178 Å². The molecule has 0 spiro atoms. The van der Waals surface area contributed by atoms with Crippen molar-refractivity contribution >= 4 is 57.5 Å². The monoisotopic (exact) mass is 1210 g/mol. The molecule has 0 saturated heterocycles. The lowest BCUT2D eigenvalue weighted by Crippen LogP contribution is -2.23. The summed E-state index contributed by atoms with van der Waals surface area (Å²) >= 11 is 0. The third-order valence-corrected chi connectivity index (χ3v) is 12.9. The van der Waals surface area contributed by atoms with Gasteiger partial charge >= 0.3 is 23.9 Å². The molecule has 28 heteroatoms. The second kappa shape index (κ2) is 23.8. The van der Waals surface area contributed by atoms with Gasteiger partial charge in [-0.25, -0.2) is 95.0 Å². The number of H-pyrrole nitrogens is 3. The molecule has 0 unspecified atom stereocenters. The van der Waals surface area contributed by atoms with E-state index in [0.717, 1.165) is 48.5 Å². The molecule has 7 aromatic rings. The molecule has 10 bridgehead atoms. The Morgan fingerprint density at radius 2 is 0.686 bits per heavy atom. The van der Waals surface area contributed by atoms with Gasteiger partial charge in [0.2, 0.25) is 17.5 Å². The number of nitrogens with zero attached hydrogens (tertiary/aromatic N) is 2. The van der Waals surface area contributed by atoms with Crippen LogP contribution in [0.25, 0.3) is 27.9 Å². The van der Waals surface area contributed by atoms with Crippen LogP contribution in [0.5, 0.6) is 0 Å². The van der Waals surface area contributed by atoms with E-state index in [1.165, 1.54) is 27.7 Å². The third-order valence-electron chi connectivity index (χ3n) is 12.9. The van der Waals surface area contributed by atoms with Crippen molar-refractivity contribution in [3.8, 4) is 0 Å². The zero-order valence-corrected chi connectivity index (χ0v) is 44.0. The van der Waals surface area contributed by atoms with Gasteiger partial charge in [-0.2, -0.15) is 0 Å². The first-order chi connectivity index (χ1) is 40.9.